The number of nitro groups is 2. The fourth-order valence-electron chi connectivity index (χ4n) is 2.46. The average molecular weight is 416 g/mol. The van der Waals surface area contributed by atoms with Crippen molar-refractivity contribution in [1.82, 2.24) is 29.8 Å². The van der Waals surface area contributed by atoms with Crippen molar-refractivity contribution in [3.05, 3.63) is 55.8 Å². The molecule has 3 aromatic rings. The zero-order chi connectivity index (χ0) is 21.3. The van der Waals surface area contributed by atoms with Gasteiger partial charge in [-0.1, -0.05) is 0 Å². The van der Waals surface area contributed by atoms with Crippen LogP contribution < -0.4 is 0 Å². The van der Waals surface area contributed by atoms with Gasteiger partial charge in [0.25, 0.3) is 0 Å². The van der Waals surface area contributed by atoms with E-state index in [0.717, 1.165) is 17.8 Å². The quantitative estimate of drug-likeness (QED) is 0.414. The normalized spacial score (nSPS) is 11.7. The van der Waals surface area contributed by atoms with Crippen molar-refractivity contribution in [2.45, 2.75) is 32.6 Å². The number of hydrogen-bond donors (Lipinski definition) is 0. The molecule has 0 fully saturated rings. The number of rotatable bonds is 7. The van der Waals surface area contributed by atoms with Gasteiger partial charge in [-0.05, 0) is 6.92 Å². The minimum atomic E-state index is -5.00. The summed E-state index contributed by atoms with van der Waals surface area (Å²) >= 11 is 0. The predicted octanol–water partition coefficient (Wildman–Crippen LogP) is 1.90. The Balaban J connectivity index is 1.73. The van der Waals surface area contributed by atoms with Crippen molar-refractivity contribution in [3.8, 4) is 0 Å². The van der Waals surface area contributed by atoms with Crippen LogP contribution in [0.5, 0.6) is 0 Å². The zero-order valence-corrected chi connectivity index (χ0v) is 14.5. The van der Waals surface area contributed by atoms with Crippen molar-refractivity contribution in [1.29, 1.82) is 0 Å². The highest BCUT2D eigenvalue weighted by Gasteiger charge is 2.44. The molecule has 16 heteroatoms. The largest absolute Gasteiger partial charge is 0.442 e. The van der Waals surface area contributed by atoms with E-state index in [9.17, 15) is 33.4 Å². The third-order valence-corrected chi connectivity index (χ3v) is 3.80. The Morgan fingerprint density at radius 3 is 2.41 bits per heavy atom. The van der Waals surface area contributed by atoms with Gasteiger partial charge in [-0.2, -0.15) is 23.4 Å². The molecule has 0 atom stereocenters. The summed E-state index contributed by atoms with van der Waals surface area (Å²) in [6.45, 7) is 0.908. The van der Waals surface area contributed by atoms with Crippen LogP contribution in [0.3, 0.4) is 0 Å². The molecule has 0 aromatic carbocycles. The molecule has 29 heavy (non-hydrogen) atoms. The van der Waals surface area contributed by atoms with E-state index in [2.05, 4.69) is 20.4 Å². The van der Waals surface area contributed by atoms with Crippen molar-refractivity contribution >= 4 is 11.4 Å². The first-order valence-electron chi connectivity index (χ1n) is 7.83. The van der Waals surface area contributed by atoms with Gasteiger partial charge in [-0.3, -0.25) is 29.6 Å². The lowest BCUT2D eigenvalue weighted by molar-refractivity contribution is -0.388. The lowest BCUT2D eigenvalue weighted by atomic mass is 10.3. The Labute approximate surface area is 158 Å². The van der Waals surface area contributed by atoms with Crippen LogP contribution in [0.4, 0.5) is 24.5 Å². The third-order valence-electron chi connectivity index (χ3n) is 3.80. The summed E-state index contributed by atoms with van der Waals surface area (Å²) in [5.41, 5.74) is -3.25. The number of halogens is 3. The maximum atomic E-state index is 13.0. The van der Waals surface area contributed by atoms with Crippen molar-refractivity contribution in [2.24, 2.45) is 0 Å². The van der Waals surface area contributed by atoms with Crippen LogP contribution in [0.25, 0.3) is 0 Å². The van der Waals surface area contributed by atoms with Gasteiger partial charge in [0.2, 0.25) is 17.5 Å². The molecule has 0 bridgehead atoms. The molecule has 0 aliphatic heterocycles. The summed E-state index contributed by atoms with van der Waals surface area (Å²) in [4.78, 5) is 19.8. The van der Waals surface area contributed by atoms with Crippen LogP contribution in [0.1, 0.15) is 23.2 Å². The third kappa shape index (κ3) is 4.19. The maximum Gasteiger partial charge on any atom is 0.442 e. The van der Waals surface area contributed by atoms with Crippen LogP contribution in [-0.4, -0.2) is 39.6 Å². The Morgan fingerprint density at radius 1 is 1.17 bits per heavy atom. The lowest BCUT2D eigenvalue weighted by Gasteiger charge is -2.00. The van der Waals surface area contributed by atoms with E-state index >= 15 is 0 Å². The van der Waals surface area contributed by atoms with E-state index in [0.29, 0.717) is 0 Å². The summed E-state index contributed by atoms with van der Waals surface area (Å²) in [7, 11) is 0. The second kappa shape index (κ2) is 7.28. The standard InChI is InChI=1S/C13H11F3N8O5/c1-7-11(24(27)28)12(13(14,15)16)20-22(7)6-10-19-18-9(29-10)2-3-21-5-8(4-17-21)23(25)26/h4-5H,2-3,6H2,1H3. The number of nitrogens with zero attached hydrogens (tertiary/aromatic N) is 8. The predicted molar refractivity (Wildman–Crippen MR) is 84.6 cm³/mol. The molecule has 0 aliphatic carbocycles. The summed E-state index contributed by atoms with van der Waals surface area (Å²) in [5, 5.41) is 36.0. The summed E-state index contributed by atoms with van der Waals surface area (Å²) in [6, 6.07) is 0. The van der Waals surface area contributed by atoms with E-state index < -0.39 is 33.9 Å². The first-order valence-corrected chi connectivity index (χ1v) is 7.83. The van der Waals surface area contributed by atoms with E-state index in [1.165, 1.54) is 10.9 Å². The highest BCUT2D eigenvalue weighted by Crippen LogP contribution is 2.37. The molecule has 0 spiro atoms. The summed E-state index contributed by atoms with van der Waals surface area (Å²) < 4.78 is 46.3. The van der Waals surface area contributed by atoms with E-state index in [-0.39, 0.29) is 36.1 Å². The molecule has 0 radical (unpaired) electrons. The van der Waals surface area contributed by atoms with Gasteiger partial charge in [0.05, 0.1) is 9.85 Å². The SMILES string of the molecule is Cc1c([N+](=O)[O-])c(C(F)(F)F)nn1Cc1nnc(CCn2cc([N+](=O)[O-])cn2)o1. The molecule has 0 aliphatic rings. The summed E-state index contributed by atoms with van der Waals surface area (Å²) in [6.07, 6.45) is -2.56. The van der Waals surface area contributed by atoms with E-state index in [4.69, 9.17) is 4.42 Å². The van der Waals surface area contributed by atoms with Gasteiger partial charge < -0.3 is 4.42 Å². The molecule has 13 nitrogen and oxygen atoms in total. The first-order chi connectivity index (χ1) is 13.6. The minimum absolute atomic E-state index is 0.105. The highest BCUT2D eigenvalue weighted by molar-refractivity contribution is 5.42. The van der Waals surface area contributed by atoms with Crippen LogP contribution in [-0.2, 0) is 25.7 Å². The first kappa shape index (κ1) is 19.9. The van der Waals surface area contributed by atoms with Gasteiger partial charge in [-0.15, -0.1) is 10.2 Å². The van der Waals surface area contributed by atoms with E-state index in [1.54, 1.807) is 0 Å². The number of aryl methyl sites for hydroxylation is 2. The van der Waals surface area contributed by atoms with Crippen molar-refractivity contribution in [3.63, 3.8) is 0 Å². The molecule has 3 heterocycles. The molecule has 0 unspecified atom stereocenters. The van der Waals surface area contributed by atoms with Crippen LogP contribution in [0.2, 0.25) is 0 Å². The fourth-order valence-corrected chi connectivity index (χ4v) is 2.46. The summed E-state index contributed by atoms with van der Waals surface area (Å²) in [5.74, 6) is -0.00539. The van der Waals surface area contributed by atoms with Crippen molar-refractivity contribution in [2.75, 3.05) is 0 Å². The second-order valence-electron chi connectivity index (χ2n) is 5.75. The zero-order valence-electron chi connectivity index (χ0n) is 14.5. The van der Waals surface area contributed by atoms with Gasteiger partial charge in [0.1, 0.15) is 24.6 Å². The fraction of sp³-hybridized carbons (Fsp3) is 0.385. The molecule has 3 rings (SSSR count). The van der Waals surface area contributed by atoms with Gasteiger partial charge >= 0.3 is 17.6 Å². The number of hydrogen-bond acceptors (Lipinski definition) is 9. The van der Waals surface area contributed by atoms with Gasteiger partial charge in [0.15, 0.2) is 0 Å². The molecular formula is C13H11F3N8O5. The molecule has 3 aromatic heterocycles. The smallest absolute Gasteiger partial charge is 0.423 e. The molecule has 0 saturated carbocycles. The molecule has 0 amide bonds. The average Bonchev–Trinajstić information content (AvgIpc) is 3.32. The molecule has 154 valence electrons. The Hall–Kier alpha value is -3.85. The van der Waals surface area contributed by atoms with Crippen LogP contribution in [0, 0.1) is 27.2 Å². The molecular weight excluding hydrogens is 405 g/mol. The minimum Gasteiger partial charge on any atom is -0.423 e. The van der Waals surface area contributed by atoms with Crippen LogP contribution >= 0.6 is 0 Å². The van der Waals surface area contributed by atoms with Crippen LogP contribution in [0.15, 0.2) is 16.8 Å². The Bertz CT molecular complexity index is 1070. The topological polar surface area (TPSA) is 161 Å². The maximum absolute atomic E-state index is 13.0. The highest BCUT2D eigenvalue weighted by atomic mass is 19.4. The molecule has 0 N–H and O–H groups in total. The number of alkyl halides is 3. The van der Waals surface area contributed by atoms with Crippen molar-refractivity contribution < 1.29 is 27.4 Å². The van der Waals surface area contributed by atoms with E-state index in [1.807, 2.05) is 0 Å². The lowest BCUT2D eigenvalue weighted by Crippen LogP contribution is -2.10. The molecule has 0 saturated heterocycles. The second-order valence-corrected chi connectivity index (χ2v) is 5.75. The Morgan fingerprint density at radius 2 is 1.86 bits per heavy atom. The van der Waals surface area contributed by atoms with Gasteiger partial charge in [0, 0.05) is 13.0 Å². The number of aromatic nitrogens is 6. The Kier molecular flexibility index (Phi) is 5.00. The monoisotopic (exact) mass is 416 g/mol. The van der Waals surface area contributed by atoms with Gasteiger partial charge in [-0.25, -0.2) is 0 Å².